The van der Waals surface area contributed by atoms with Crippen molar-refractivity contribution in [2.75, 3.05) is 5.43 Å². The fraction of sp³-hybridized carbons (Fsp3) is 0. The van der Waals surface area contributed by atoms with Gasteiger partial charge in [0.1, 0.15) is 11.5 Å². The molecular formula is C12H10N4O5. The maximum Gasteiger partial charge on any atom is 0.275 e. The van der Waals surface area contributed by atoms with Crippen LogP contribution in [-0.2, 0) is 0 Å². The third-order valence-corrected chi connectivity index (χ3v) is 2.53. The lowest BCUT2D eigenvalue weighted by molar-refractivity contribution is -0.384. The van der Waals surface area contributed by atoms with Crippen LogP contribution in [0.5, 0.6) is 11.5 Å². The number of hydrogen-bond donors (Lipinski definition) is 2. The normalized spacial score (nSPS) is 9.95. The molecule has 21 heavy (non-hydrogen) atoms. The molecule has 2 rings (SSSR count). The number of nitrogen functional groups attached to an aromatic ring is 1. The summed E-state index contributed by atoms with van der Waals surface area (Å²) >= 11 is 0. The van der Waals surface area contributed by atoms with Crippen molar-refractivity contribution in [1.29, 1.82) is 0 Å². The number of non-ortho nitro benzene ring substituents is 2. The number of nitrogens with two attached hydrogens (primary N) is 1. The van der Waals surface area contributed by atoms with Gasteiger partial charge in [0.15, 0.2) is 0 Å². The van der Waals surface area contributed by atoms with Gasteiger partial charge < -0.3 is 10.2 Å². The average Bonchev–Trinajstić information content (AvgIpc) is 2.47. The molecule has 108 valence electrons. The second kappa shape index (κ2) is 5.84. The molecule has 0 aliphatic heterocycles. The van der Waals surface area contributed by atoms with Crippen molar-refractivity contribution in [2.24, 2.45) is 5.84 Å². The molecule has 0 aliphatic rings. The zero-order valence-corrected chi connectivity index (χ0v) is 10.6. The maximum absolute atomic E-state index is 10.8. The number of ether oxygens (including phenoxy) is 1. The van der Waals surface area contributed by atoms with Gasteiger partial charge in [0.05, 0.1) is 27.7 Å². The minimum absolute atomic E-state index is 0.137. The third kappa shape index (κ3) is 3.42. The molecule has 9 heteroatoms. The van der Waals surface area contributed by atoms with Gasteiger partial charge in [0, 0.05) is 18.2 Å². The van der Waals surface area contributed by atoms with Crippen LogP contribution in [-0.4, -0.2) is 9.85 Å². The highest BCUT2D eigenvalue weighted by atomic mass is 16.6. The number of nitro benzene ring substituents is 2. The number of nitro groups is 2. The summed E-state index contributed by atoms with van der Waals surface area (Å²) in [6, 6.07) is 9.35. The van der Waals surface area contributed by atoms with Crippen molar-refractivity contribution in [2.45, 2.75) is 0 Å². The van der Waals surface area contributed by atoms with Crippen LogP contribution in [0.4, 0.5) is 17.1 Å². The molecule has 0 aromatic heterocycles. The van der Waals surface area contributed by atoms with Crippen LogP contribution in [0.1, 0.15) is 0 Å². The summed E-state index contributed by atoms with van der Waals surface area (Å²) in [5.41, 5.74) is 2.21. The number of benzene rings is 2. The van der Waals surface area contributed by atoms with Gasteiger partial charge in [0.25, 0.3) is 11.4 Å². The molecule has 0 unspecified atom stereocenters. The average molecular weight is 290 g/mol. The second-order valence-electron chi connectivity index (χ2n) is 3.97. The molecule has 0 atom stereocenters. The zero-order valence-electron chi connectivity index (χ0n) is 10.6. The standard InChI is InChI=1S/C12H10N4O5/c13-14-8-4-10(16(19)20)7-12(5-8)21-11-3-1-2-9(6-11)15(17)18/h1-7,14H,13H2. The minimum atomic E-state index is -0.596. The Morgan fingerprint density at radius 1 is 0.952 bits per heavy atom. The molecule has 0 saturated carbocycles. The first-order chi connectivity index (χ1) is 9.99. The number of hydrazine groups is 1. The van der Waals surface area contributed by atoms with Crippen LogP contribution in [0.15, 0.2) is 42.5 Å². The fourth-order valence-electron chi connectivity index (χ4n) is 1.63. The molecule has 0 radical (unpaired) electrons. The van der Waals surface area contributed by atoms with Gasteiger partial charge in [-0.1, -0.05) is 6.07 Å². The van der Waals surface area contributed by atoms with Gasteiger partial charge in [-0.3, -0.25) is 26.1 Å². The van der Waals surface area contributed by atoms with Crippen LogP contribution in [0, 0.1) is 20.2 Å². The summed E-state index contributed by atoms with van der Waals surface area (Å²) in [5.74, 6) is 5.55. The van der Waals surface area contributed by atoms with Crippen LogP contribution in [0.25, 0.3) is 0 Å². The SMILES string of the molecule is NNc1cc(Oc2cccc([N+](=O)[O-])c2)cc([N+](=O)[O-])c1. The molecule has 0 saturated heterocycles. The Bertz CT molecular complexity index is 704. The predicted molar refractivity (Wildman–Crippen MR) is 74.1 cm³/mol. The van der Waals surface area contributed by atoms with Gasteiger partial charge in [-0.15, -0.1) is 0 Å². The van der Waals surface area contributed by atoms with E-state index in [1.807, 2.05) is 0 Å². The predicted octanol–water partition coefficient (Wildman–Crippen LogP) is 2.58. The second-order valence-corrected chi connectivity index (χ2v) is 3.97. The van der Waals surface area contributed by atoms with Crippen molar-refractivity contribution in [3.63, 3.8) is 0 Å². The lowest BCUT2D eigenvalue weighted by Crippen LogP contribution is -2.07. The molecule has 0 bridgehead atoms. The Kier molecular flexibility index (Phi) is 3.95. The first kappa shape index (κ1) is 14.2. The summed E-state index contributed by atoms with van der Waals surface area (Å²) in [7, 11) is 0. The molecule has 0 heterocycles. The van der Waals surface area contributed by atoms with Gasteiger partial charge >= 0.3 is 0 Å². The van der Waals surface area contributed by atoms with Gasteiger partial charge in [-0.05, 0) is 6.07 Å². The Labute approximate surface area is 118 Å². The van der Waals surface area contributed by atoms with Gasteiger partial charge in [0.2, 0.25) is 0 Å². The number of rotatable bonds is 5. The third-order valence-electron chi connectivity index (χ3n) is 2.53. The van der Waals surface area contributed by atoms with Crippen molar-refractivity contribution >= 4 is 17.1 Å². The number of nitrogens with zero attached hydrogens (tertiary/aromatic N) is 2. The van der Waals surface area contributed by atoms with E-state index >= 15 is 0 Å². The summed E-state index contributed by atoms with van der Waals surface area (Å²) < 4.78 is 5.40. The quantitative estimate of drug-likeness (QED) is 0.491. The molecule has 3 N–H and O–H groups in total. The van der Waals surface area contributed by atoms with E-state index in [1.54, 1.807) is 0 Å². The molecule has 0 aliphatic carbocycles. The number of nitrogens with one attached hydrogen (secondary N) is 1. The van der Waals surface area contributed by atoms with E-state index in [-0.39, 0.29) is 28.6 Å². The first-order valence-electron chi connectivity index (χ1n) is 5.68. The van der Waals surface area contributed by atoms with Crippen LogP contribution in [0.3, 0.4) is 0 Å². The highest BCUT2D eigenvalue weighted by Gasteiger charge is 2.12. The Morgan fingerprint density at radius 2 is 1.62 bits per heavy atom. The van der Waals surface area contributed by atoms with Gasteiger partial charge in [-0.2, -0.15) is 0 Å². The van der Waals surface area contributed by atoms with Crippen LogP contribution >= 0.6 is 0 Å². The molecule has 0 fully saturated rings. The topological polar surface area (TPSA) is 134 Å². The van der Waals surface area contributed by atoms with E-state index in [0.717, 1.165) is 0 Å². The lowest BCUT2D eigenvalue weighted by atomic mass is 10.2. The number of anilines is 1. The summed E-state index contributed by atoms with van der Waals surface area (Å²) in [5, 5.41) is 21.5. The molecule has 9 nitrogen and oxygen atoms in total. The molecule has 2 aromatic rings. The largest absolute Gasteiger partial charge is 0.457 e. The smallest absolute Gasteiger partial charge is 0.275 e. The molecule has 2 aromatic carbocycles. The van der Waals surface area contributed by atoms with Crippen molar-refractivity contribution < 1.29 is 14.6 Å². The zero-order chi connectivity index (χ0) is 15.4. The van der Waals surface area contributed by atoms with Crippen molar-refractivity contribution in [1.82, 2.24) is 0 Å². The van der Waals surface area contributed by atoms with Crippen LogP contribution < -0.4 is 16.0 Å². The summed E-state index contributed by atoms with van der Waals surface area (Å²) in [4.78, 5) is 20.3. The Balaban J connectivity index is 2.34. The highest BCUT2D eigenvalue weighted by Crippen LogP contribution is 2.30. The van der Waals surface area contributed by atoms with E-state index in [1.165, 1.54) is 42.5 Å². The maximum atomic E-state index is 10.8. The van der Waals surface area contributed by atoms with E-state index < -0.39 is 9.85 Å². The molecule has 0 amide bonds. The van der Waals surface area contributed by atoms with Gasteiger partial charge in [-0.25, -0.2) is 0 Å². The lowest BCUT2D eigenvalue weighted by Gasteiger charge is -2.07. The highest BCUT2D eigenvalue weighted by molar-refractivity contribution is 5.56. The first-order valence-corrected chi connectivity index (χ1v) is 5.68. The Hall–Kier alpha value is -3.20. The number of hydrogen-bond acceptors (Lipinski definition) is 7. The van der Waals surface area contributed by atoms with E-state index in [9.17, 15) is 20.2 Å². The van der Waals surface area contributed by atoms with Crippen molar-refractivity contribution in [3.05, 3.63) is 62.7 Å². The minimum Gasteiger partial charge on any atom is -0.457 e. The molecular weight excluding hydrogens is 280 g/mol. The summed E-state index contributed by atoms with van der Waals surface area (Å²) in [6.07, 6.45) is 0. The van der Waals surface area contributed by atoms with E-state index in [4.69, 9.17) is 10.6 Å². The monoisotopic (exact) mass is 290 g/mol. The van der Waals surface area contributed by atoms with E-state index in [0.29, 0.717) is 0 Å². The summed E-state index contributed by atoms with van der Waals surface area (Å²) in [6.45, 7) is 0. The van der Waals surface area contributed by atoms with Crippen molar-refractivity contribution in [3.8, 4) is 11.5 Å². The van der Waals surface area contributed by atoms with E-state index in [2.05, 4.69) is 5.43 Å². The Morgan fingerprint density at radius 3 is 2.24 bits per heavy atom. The van der Waals surface area contributed by atoms with Crippen LogP contribution in [0.2, 0.25) is 0 Å². The fourth-order valence-corrected chi connectivity index (χ4v) is 1.63. The molecule has 0 spiro atoms.